The number of hydrogen-bond acceptors (Lipinski definition) is 5. The van der Waals surface area contributed by atoms with Crippen LogP contribution in [0.2, 0.25) is 0 Å². The van der Waals surface area contributed by atoms with Crippen LogP contribution in [0.15, 0.2) is 30.3 Å². The van der Waals surface area contributed by atoms with E-state index in [1.807, 2.05) is 6.07 Å². The molecule has 150 valence electrons. The highest BCUT2D eigenvalue weighted by molar-refractivity contribution is 7.17. The van der Waals surface area contributed by atoms with Gasteiger partial charge in [0.1, 0.15) is 4.88 Å². The Labute approximate surface area is 170 Å². The summed E-state index contributed by atoms with van der Waals surface area (Å²) < 4.78 is 0. The second kappa shape index (κ2) is 9.30. The predicted molar refractivity (Wildman–Crippen MR) is 113 cm³/mol. The molecule has 1 saturated heterocycles. The molecular weight excluding hydrogens is 372 g/mol. The summed E-state index contributed by atoms with van der Waals surface area (Å²) in [6, 6.07) is 10.6. The molecule has 0 unspecified atom stereocenters. The van der Waals surface area contributed by atoms with Gasteiger partial charge in [-0.05, 0) is 50.8 Å². The molecule has 0 bridgehead atoms. The molecule has 0 spiro atoms. The van der Waals surface area contributed by atoms with E-state index in [9.17, 15) is 9.59 Å². The summed E-state index contributed by atoms with van der Waals surface area (Å²) in [5, 5.41) is 3.34. The van der Waals surface area contributed by atoms with Crippen molar-refractivity contribution in [1.29, 1.82) is 0 Å². The van der Waals surface area contributed by atoms with Crippen LogP contribution in [0.5, 0.6) is 0 Å². The van der Waals surface area contributed by atoms with Crippen molar-refractivity contribution >= 4 is 28.3 Å². The van der Waals surface area contributed by atoms with Crippen LogP contribution in [0.25, 0.3) is 0 Å². The predicted octanol–water partition coefficient (Wildman–Crippen LogP) is 3.05. The molecule has 1 fully saturated rings. The van der Waals surface area contributed by atoms with E-state index >= 15 is 0 Å². The molecule has 6 nitrogen and oxygen atoms in total. The monoisotopic (exact) mass is 400 g/mol. The van der Waals surface area contributed by atoms with Gasteiger partial charge in [-0.25, -0.2) is 4.98 Å². The average Bonchev–Trinajstić information content (AvgIpc) is 3.03. The smallest absolute Gasteiger partial charge is 0.265 e. The topological polar surface area (TPSA) is 65.5 Å². The van der Waals surface area contributed by atoms with Crippen molar-refractivity contribution in [3.63, 3.8) is 0 Å². The highest BCUT2D eigenvalue weighted by atomic mass is 32.1. The number of nitrogens with zero attached hydrogens (tertiary/aromatic N) is 3. The van der Waals surface area contributed by atoms with Crippen LogP contribution in [0.4, 0.5) is 5.13 Å². The number of aromatic nitrogens is 1. The molecule has 2 amide bonds. The Bertz CT molecular complexity index is 811. The maximum atomic E-state index is 12.4. The molecule has 1 aliphatic rings. The lowest BCUT2D eigenvalue weighted by Gasteiger charge is -2.31. The molecule has 0 atom stereocenters. The Morgan fingerprint density at radius 1 is 1.21 bits per heavy atom. The summed E-state index contributed by atoms with van der Waals surface area (Å²) >= 11 is 1.24. The number of aryl methyl sites for hydroxylation is 1. The van der Waals surface area contributed by atoms with Gasteiger partial charge in [0.25, 0.3) is 5.91 Å². The highest BCUT2D eigenvalue weighted by Gasteiger charge is 2.22. The Morgan fingerprint density at radius 2 is 1.89 bits per heavy atom. The molecule has 0 radical (unpaired) electrons. The van der Waals surface area contributed by atoms with Gasteiger partial charge in [-0.1, -0.05) is 41.7 Å². The SMILES string of the molecule is Cc1nc(NC(=O)CN2CCC(Cc3ccccc3)CC2)sc1C(=O)N(C)C. The third-order valence-corrected chi connectivity index (χ3v) is 6.15. The summed E-state index contributed by atoms with van der Waals surface area (Å²) in [4.78, 5) is 33.1. The summed E-state index contributed by atoms with van der Waals surface area (Å²) in [5.41, 5.74) is 2.04. The zero-order valence-corrected chi connectivity index (χ0v) is 17.6. The molecular formula is C21H28N4O2S. The molecule has 2 aromatic rings. The zero-order chi connectivity index (χ0) is 20.1. The van der Waals surface area contributed by atoms with Gasteiger partial charge in [-0.3, -0.25) is 14.5 Å². The van der Waals surface area contributed by atoms with Crippen LogP contribution < -0.4 is 5.32 Å². The minimum Gasteiger partial charge on any atom is -0.344 e. The molecule has 1 N–H and O–H groups in total. The lowest BCUT2D eigenvalue weighted by Crippen LogP contribution is -2.39. The van der Waals surface area contributed by atoms with Crippen LogP contribution in [0, 0.1) is 12.8 Å². The maximum absolute atomic E-state index is 12.4. The van der Waals surface area contributed by atoms with Gasteiger partial charge in [0.15, 0.2) is 5.13 Å². The molecule has 1 aromatic carbocycles. The van der Waals surface area contributed by atoms with Crippen molar-refractivity contribution in [1.82, 2.24) is 14.8 Å². The largest absolute Gasteiger partial charge is 0.344 e. The lowest BCUT2D eigenvalue weighted by atomic mass is 9.90. The summed E-state index contributed by atoms with van der Waals surface area (Å²) in [6.45, 7) is 4.03. The molecule has 1 aromatic heterocycles. The van der Waals surface area contributed by atoms with E-state index in [2.05, 4.69) is 39.5 Å². The molecule has 2 heterocycles. The normalized spacial score (nSPS) is 15.4. The number of anilines is 1. The number of benzene rings is 1. The van der Waals surface area contributed by atoms with E-state index < -0.39 is 0 Å². The van der Waals surface area contributed by atoms with Crippen LogP contribution in [-0.2, 0) is 11.2 Å². The highest BCUT2D eigenvalue weighted by Crippen LogP contribution is 2.24. The number of nitrogens with one attached hydrogen (secondary N) is 1. The van der Waals surface area contributed by atoms with Gasteiger partial charge >= 0.3 is 0 Å². The number of hydrogen-bond donors (Lipinski definition) is 1. The molecule has 0 saturated carbocycles. The quantitative estimate of drug-likeness (QED) is 0.809. The first-order valence-electron chi connectivity index (χ1n) is 9.67. The number of rotatable bonds is 6. The number of thiazole rings is 1. The van der Waals surface area contributed by atoms with Crippen LogP contribution in [0.1, 0.15) is 33.8 Å². The van der Waals surface area contributed by atoms with E-state index in [1.165, 1.54) is 21.8 Å². The molecule has 28 heavy (non-hydrogen) atoms. The molecule has 7 heteroatoms. The lowest BCUT2D eigenvalue weighted by molar-refractivity contribution is -0.117. The standard InChI is InChI=1S/C21H28N4O2S/c1-15-19(20(27)24(2)3)28-21(22-15)23-18(26)14-25-11-9-17(10-12-25)13-16-7-5-4-6-8-16/h4-8,17H,9-14H2,1-3H3,(H,22,23,26). The van der Waals surface area contributed by atoms with Gasteiger partial charge in [0.05, 0.1) is 12.2 Å². The number of amides is 2. The molecule has 3 rings (SSSR count). The van der Waals surface area contributed by atoms with Crippen molar-refractivity contribution < 1.29 is 9.59 Å². The Morgan fingerprint density at radius 3 is 2.54 bits per heavy atom. The van der Waals surface area contributed by atoms with Gasteiger partial charge < -0.3 is 10.2 Å². The fourth-order valence-corrected chi connectivity index (χ4v) is 4.51. The van der Waals surface area contributed by atoms with Crippen molar-refractivity contribution in [2.24, 2.45) is 5.92 Å². The number of carbonyl (C=O) groups excluding carboxylic acids is 2. The second-order valence-corrected chi connectivity index (χ2v) is 8.59. The van der Waals surface area contributed by atoms with E-state index in [0.717, 1.165) is 32.4 Å². The fraction of sp³-hybridized carbons (Fsp3) is 0.476. The first kappa shape index (κ1) is 20.5. The minimum absolute atomic E-state index is 0.0703. The summed E-state index contributed by atoms with van der Waals surface area (Å²) in [7, 11) is 3.42. The number of carbonyl (C=O) groups is 2. The van der Waals surface area contributed by atoms with E-state index in [4.69, 9.17) is 0 Å². The van der Waals surface area contributed by atoms with Crippen molar-refractivity contribution in [2.75, 3.05) is 39.0 Å². The van der Waals surface area contributed by atoms with Crippen molar-refractivity contribution in [3.05, 3.63) is 46.5 Å². The van der Waals surface area contributed by atoms with Crippen LogP contribution >= 0.6 is 11.3 Å². The zero-order valence-electron chi connectivity index (χ0n) is 16.8. The Kier molecular flexibility index (Phi) is 6.80. The van der Waals surface area contributed by atoms with E-state index in [-0.39, 0.29) is 11.8 Å². The van der Waals surface area contributed by atoms with E-state index in [0.29, 0.717) is 28.2 Å². The van der Waals surface area contributed by atoms with Gasteiger partial charge in [-0.2, -0.15) is 0 Å². The molecule has 0 aliphatic carbocycles. The summed E-state index contributed by atoms with van der Waals surface area (Å²) in [6.07, 6.45) is 3.34. The minimum atomic E-state index is -0.0870. The first-order valence-corrected chi connectivity index (χ1v) is 10.5. The Hall–Kier alpha value is -2.25. The Balaban J connectivity index is 1.46. The van der Waals surface area contributed by atoms with Gasteiger partial charge in [0.2, 0.25) is 5.91 Å². The first-order chi connectivity index (χ1) is 13.4. The third kappa shape index (κ3) is 5.39. The average molecular weight is 401 g/mol. The summed E-state index contributed by atoms with van der Waals surface area (Å²) in [5.74, 6) is 0.526. The van der Waals surface area contributed by atoms with Crippen LogP contribution in [-0.4, -0.2) is 60.3 Å². The number of piperidine rings is 1. The fourth-order valence-electron chi connectivity index (χ4n) is 3.51. The van der Waals surface area contributed by atoms with Gasteiger partial charge in [-0.15, -0.1) is 0 Å². The maximum Gasteiger partial charge on any atom is 0.265 e. The second-order valence-electron chi connectivity index (χ2n) is 7.59. The van der Waals surface area contributed by atoms with Gasteiger partial charge in [0, 0.05) is 14.1 Å². The molecule has 1 aliphatic heterocycles. The third-order valence-electron chi connectivity index (χ3n) is 5.08. The van der Waals surface area contributed by atoms with E-state index in [1.54, 1.807) is 21.0 Å². The van der Waals surface area contributed by atoms with Crippen LogP contribution in [0.3, 0.4) is 0 Å². The van der Waals surface area contributed by atoms with Crippen molar-refractivity contribution in [3.8, 4) is 0 Å². The number of likely N-dealkylation sites (tertiary alicyclic amines) is 1. The van der Waals surface area contributed by atoms with Crippen molar-refractivity contribution in [2.45, 2.75) is 26.2 Å².